The van der Waals surface area contributed by atoms with Crippen molar-refractivity contribution in [1.82, 2.24) is 15.5 Å². The molecule has 0 radical (unpaired) electrons. The van der Waals surface area contributed by atoms with Crippen LogP contribution in [0.3, 0.4) is 0 Å². The molecule has 1 aliphatic rings. The van der Waals surface area contributed by atoms with Crippen molar-refractivity contribution in [2.45, 2.75) is 32.2 Å². The van der Waals surface area contributed by atoms with E-state index in [1.807, 2.05) is 0 Å². The number of halogens is 2. The van der Waals surface area contributed by atoms with Gasteiger partial charge < -0.3 is 20.7 Å². The Morgan fingerprint density at radius 2 is 1.86 bits per heavy atom. The fourth-order valence-corrected chi connectivity index (χ4v) is 3.14. The summed E-state index contributed by atoms with van der Waals surface area (Å²) in [6.45, 7) is 9.37. The van der Waals surface area contributed by atoms with E-state index in [1.165, 1.54) is 0 Å². The summed E-state index contributed by atoms with van der Waals surface area (Å²) in [7, 11) is 1.75. The van der Waals surface area contributed by atoms with E-state index in [1.54, 1.807) is 31.3 Å². The molecule has 1 saturated heterocycles. The zero-order chi connectivity index (χ0) is 20.4. The number of anilines is 1. The molecule has 0 bridgehead atoms. The third kappa shape index (κ3) is 9.50. The zero-order valence-corrected chi connectivity index (χ0v) is 20.5. The first-order valence-electron chi connectivity index (χ1n) is 9.73. The Hall–Kier alpha value is -1.10. The van der Waals surface area contributed by atoms with Gasteiger partial charge in [0.2, 0.25) is 5.91 Å². The summed E-state index contributed by atoms with van der Waals surface area (Å²) >= 11 is 5.85. The van der Waals surface area contributed by atoms with Crippen molar-refractivity contribution in [2.24, 2.45) is 4.99 Å². The second kappa shape index (κ2) is 13.3. The molecule has 0 spiro atoms. The van der Waals surface area contributed by atoms with Gasteiger partial charge in [0.05, 0.1) is 13.2 Å². The lowest BCUT2D eigenvalue weighted by atomic mass is 10.0. The quantitative estimate of drug-likeness (QED) is 0.206. The third-order valence-corrected chi connectivity index (χ3v) is 5.03. The number of benzene rings is 1. The molecule has 0 saturated carbocycles. The lowest BCUT2D eigenvalue weighted by Gasteiger charge is -2.41. The lowest BCUT2D eigenvalue weighted by molar-refractivity contribution is -0.116. The van der Waals surface area contributed by atoms with Gasteiger partial charge in [0.25, 0.3) is 0 Å². The van der Waals surface area contributed by atoms with Gasteiger partial charge in [0.15, 0.2) is 5.96 Å². The molecule has 1 aromatic rings. The Labute approximate surface area is 196 Å². The van der Waals surface area contributed by atoms with Crippen LogP contribution >= 0.6 is 35.6 Å². The van der Waals surface area contributed by atoms with E-state index >= 15 is 0 Å². The molecular weight excluding hydrogens is 505 g/mol. The van der Waals surface area contributed by atoms with E-state index in [0.717, 1.165) is 44.5 Å². The Morgan fingerprint density at radius 1 is 1.21 bits per heavy atom. The molecule has 1 fully saturated rings. The van der Waals surface area contributed by atoms with Gasteiger partial charge in [-0.2, -0.15) is 0 Å². The molecule has 0 atom stereocenters. The minimum absolute atomic E-state index is 0. The predicted octanol–water partition coefficient (Wildman–Crippen LogP) is 2.95. The first-order valence-corrected chi connectivity index (χ1v) is 10.1. The van der Waals surface area contributed by atoms with Crippen molar-refractivity contribution < 1.29 is 9.53 Å². The highest BCUT2D eigenvalue weighted by Crippen LogP contribution is 2.15. The number of hydrogen-bond donors (Lipinski definition) is 3. The number of aliphatic imine (C=N–C) groups is 1. The minimum Gasteiger partial charge on any atom is -0.379 e. The van der Waals surface area contributed by atoms with Gasteiger partial charge in [-0.1, -0.05) is 11.6 Å². The molecular formula is C20H33ClIN5O2. The van der Waals surface area contributed by atoms with Crippen molar-refractivity contribution in [1.29, 1.82) is 0 Å². The van der Waals surface area contributed by atoms with Crippen LogP contribution in [0, 0.1) is 0 Å². The van der Waals surface area contributed by atoms with Crippen LogP contribution in [-0.2, 0) is 9.53 Å². The molecule has 0 aromatic heterocycles. The second-order valence-electron chi connectivity index (χ2n) is 7.42. The van der Waals surface area contributed by atoms with Gasteiger partial charge in [-0.15, -0.1) is 24.0 Å². The normalized spacial score (nSPS) is 15.4. The molecule has 9 heteroatoms. The number of guanidine groups is 1. The maximum absolute atomic E-state index is 12.0. The Kier molecular flexibility index (Phi) is 11.9. The van der Waals surface area contributed by atoms with Crippen LogP contribution in [0.15, 0.2) is 29.3 Å². The highest BCUT2D eigenvalue weighted by molar-refractivity contribution is 14.0. The van der Waals surface area contributed by atoms with Gasteiger partial charge in [-0.25, -0.2) is 0 Å². The van der Waals surface area contributed by atoms with Gasteiger partial charge >= 0.3 is 0 Å². The number of amides is 1. The van der Waals surface area contributed by atoms with Crippen LogP contribution in [-0.4, -0.2) is 68.7 Å². The van der Waals surface area contributed by atoms with E-state index in [0.29, 0.717) is 24.4 Å². The summed E-state index contributed by atoms with van der Waals surface area (Å²) in [5, 5.41) is 10.2. The molecule has 3 N–H and O–H groups in total. The first kappa shape index (κ1) is 25.9. The van der Waals surface area contributed by atoms with Crippen molar-refractivity contribution in [3.63, 3.8) is 0 Å². The largest absolute Gasteiger partial charge is 0.379 e. The first-order chi connectivity index (χ1) is 13.4. The number of carbonyl (C=O) groups excluding carboxylic acids is 1. The summed E-state index contributed by atoms with van der Waals surface area (Å²) in [6.07, 6.45) is 1.15. The molecule has 7 nitrogen and oxygen atoms in total. The standard InChI is InChI=1S/C20H32ClN5O2.HI/c1-20(2,26-11-13-28-14-12-26)15-24-19(22-3)23-10-4-5-18(27)25-17-8-6-16(21)7-9-17;/h6-9H,4-5,10-15H2,1-3H3,(H,25,27)(H2,22,23,24);1H. The van der Waals surface area contributed by atoms with Gasteiger partial charge in [0, 0.05) is 55.9 Å². The van der Waals surface area contributed by atoms with E-state index in [4.69, 9.17) is 16.3 Å². The number of carbonyl (C=O) groups is 1. The Bertz CT molecular complexity index is 649. The molecule has 2 rings (SSSR count). The maximum atomic E-state index is 12.0. The van der Waals surface area contributed by atoms with E-state index < -0.39 is 0 Å². The fraction of sp³-hybridized carbons (Fsp3) is 0.600. The van der Waals surface area contributed by atoms with Crippen LogP contribution < -0.4 is 16.0 Å². The summed E-state index contributed by atoms with van der Waals surface area (Å²) < 4.78 is 5.43. The predicted molar refractivity (Wildman–Crippen MR) is 131 cm³/mol. The molecule has 1 aliphatic heterocycles. The summed E-state index contributed by atoms with van der Waals surface area (Å²) in [4.78, 5) is 18.7. The van der Waals surface area contributed by atoms with Crippen molar-refractivity contribution >= 4 is 53.1 Å². The van der Waals surface area contributed by atoms with Crippen LogP contribution in [0.5, 0.6) is 0 Å². The smallest absolute Gasteiger partial charge is 0.224 e. The van der Waals surface area contributed by atoms with Crippen LogP contribution in [0.2, 0.25) is 5.02 Å². The van der Waals surface area contributed by atoms with Crippen molar-refractivity contribution in [3.05, 3.63) is 29.3 Å². The van der Waals surface area contributed by atoms with Crippen molar-refractivity contribution in [2.75, 3.05) is 51.8 Å². The molecule has 29 heavy (non-hydrogen) atoms. The van der Waals surface area contributed by atoms with Crippen LogP contribution in [0.25, 0.3) is 0 Å². The Morgan fingerprint density at radius 3 is 2.48 bits per heavy atom. The molecule has 0 aliphatic carbocycles. The van der Waals surface area contributed by atoms with E-state index in [2.05, 4.69) is 39.7 Å². The summed E-state index contributed by atoms with van der Waals surface area (Å²) in [5.74, 6) is 0.736. The number of rotatable bonds is 8. The monoisotopic (exact) mass is 537 g/mol. The van der Waals surface area contributed by atoms with Gasteiger partial charge in [0.1, 0.15) is 0 Å². The topological polar surface area (TPSA) is 78.0 Å². The molecule has 1 amide bonds. The molecule has 1 aromatic carbocycles. The molecule has 0 unspecified atom stereocenters. The number of ether oxygens (including phenoxy) is 1. The minimum atomic E-state index is -0.0134. The zero-order valence-electron chi connectivity index (χ0n) is 17.5. The SMILES string of the molecule is CN=C(NCCCC(=O)Nc1ccc(Cl)cc1)NCC(C)(C)N1CCOCC1.I. The maximum Gasteiger partial charge on any atom is 0.224 e. The number of morpholine rings is 1. The van der Waals surface area contributed by atoms with Crippen molar-refractivity contribution in [3.8, 4) is 0 Å². The van der Waals surface area contributed by atoms with Crippen LogP contribution in [0.1, 0.15) is 26.7 Å². The number of hydrogen-bond acceptors (Lipinski definition) is 4. The third-order valence-electron chi connectivity index (χ3n) is 4.78. The van der Waals surface area contributed by atoms with E-state index in [-0.39, 0.29) is 35.4 Å². The average molecular weight is 538 g/mol. The summed E-state index contributed by atoms with van der Waals surface area (Å²) in [5.41, 5.74) is 0.769. The molecule has 1 heterocycles. The summed E-state index contributed by atoms with van der Waals surface area (Å²) in [6, 6.07) is 7.10. The number of nitrogens with one attached hydrogen (secondary N) is 3. The van der Waals surface area contributed by atoms with Crippen LogP contribution in [0.4, 0.5) is 5.69 Å². The molecule has 164 valence electrons. The van der Waals surface area contributed by atoms with Gasteiger partial charge in [-0.05, 0) is 44.5 Å². The van der Waals surface area contributed by atoms with E-state index in [9.17, 15) is 4.79 Å². The number of nitrogens with zero attached hydrogens (tertiary/aromatic N) is 2. The fourth-order valence-electron chi connectivity index (χ4n) is 3.01. The highest BCUT2D eigenvalue weighted by Gasteiger charge is 2.28. The Balaban J connectivity index is 0.00000420. The second-order valence-corrected chi connectivity index (χ2v) is 7.86. The van der Waals surface area contributed by atoms with Gasteiger partial charge in [-0.3, -0.25) is 14.7 Å². The average Bonchev–Trinajstić information content (AvgIpc) is 2.70. The highest BCUT2D eigenvalue weighted by atomic mass is 127. The lowest BCUT2D eigenvalue weighted by Crippen LogP contribution is -2.56.